The Labute approximate surface area is 109 Å². The molecular formula is C12H14ClNO4. The fraction of sp³-hybridized carbons (Fsp3) is 0.417. The predicted octanol–water partition coefficient (Wildman–Crippen LogP) is 1.59. The van der Waals surface area contributed by atoms with Gasteiger partial charge in [-0.3, -0.25) is 4.79 Å². The first kappa shape index (κ1) is 13.0. The zero-order valence-corrected chi connectivity index (χ0v) is 10.7. The van der Waals surface area contributed by atoms with E-state index in [1.807, 2.05) is 6.92 Å². The van der Waals surface area contributed by atoms with Crippen LogP contribution in [0.15, 0.2) is 6.07 Å². The van der Waals surface area contributed by atoms with Gasteiger partial charge >= 0.3 is 5.97 Å². The lowest BCUT2D eigenvalue weighted by atomic mass is 9.97. The van der Waals surface area contributed by atoms with Crippen LogP contribution in [0.3, 0.4) is 0 Å². The van der Waals surface area contributed by atoms with E-state index in [0.29, 0.717) is 22.9 Å². The van der Waals surface area contributed by atoms with E-state index < -0.39 is 12.0 Å². The Bertz CT molecular complexity index is 489. The molecule has 5 nitrogen and oxygen atoms in total. The van der Waals surface area contributed by atoms with Gasteiger partial charge in [0, 0.05) is 23.1 Å². The highest BCUT2D eigenvalue weighted by Gasteiger charge is 2.25. The number of ether oxygens (including phenoxy) is 2. The van der Waals surface area contributed by atoms with Gasteiger partial charge in [0.15, 0.2) is 11.5 Å². The van der Waals surface area contributed by atoms with Crippen molar-refractivity contribution in [1.82, 2.24) is 0 Å². The molecule has 1 atom stereocenters. The molecule has 0 bridgehead atoms. The number of halogens is 1. The summed E-state index contributed by atoms with van der Waals surface area (Å²) >= 11 is 6.16. The van der Waals surface area contributed by atoms with Crippen LogP contribution in [0.2, 0.25) is 5.02 Å². The Hall–Kier alpha value is -1.46. The van der Waals surface area contributed by atoms with Crippen molar-refractivity contribution >= 4 is 17.6 Å². The third kappa shape index (κ3) is 2.23. The SMILES string of the molecule is CCc1c(CC(N)C(=O)O)c(Cl)cc2c1OCO2. The Morgan fingerprint density at radius 3 is 2.89 bits per heavy atom. The Morgan fingerprint density at radius 1 is 1.56 bits per heavy atom. The Kier molecular flexibility index (Phi) is 3.63. The van der Waals surface area contributed by atoms with E-state index >= 15 is 0 Å². The van der Waals surface area contributed by atoms with Crippen molar-refractivity contribution in [3.63, 3.8) is 0 Å². The van der Waals surface area contributed by atoms with Crippen molar-refractivity contribution in [2.24, 2.45) is 5.73 Å². The average Bonchev–Trinajstić information content (AvgIpc) is 2.77. The molecule has 6 heteroatoms. The van der Waals surface area contributed by atoms with Crippen LogP contribution in [0.4, 0.5) is 0 Å². The topological polar surface area (TPSA) is 81.8 Å². The maximum Gasteiger partial charge on any atom is 0.320 e. The third-order valence-electron chi connectivity index (χ3n) is 2.92. The summed E-state index contributed by atoms with van der Waals surface area (Å²) in [5.74, 6) is 0.199. The van der Waals surface area contributed by atoms with Crippen molar-refractivity contribution in [3.05, 3.63) is 22.2 Å². The molecule has 2 rings (SSSR count). The highest BCUT2D eigenvalue weighted by Crippen LogP contribution is 2.41. The smallest absolute Gasteiger partial charge is 0.320 e. The van der Waals surface area contributed by atoms with Crippen molar-refractivity contribution in [1.29, 1.82) is 0 Å². The van der Waals surface area contributed by atoms with Gasteiger partial charge in [0.05, 0.1) is 0 Å². The highest BCUT2D eigenvalue weighted by atomic mass is 35.5. The number of hydrogen-bond donors (Lipinski definition) is 2. The molecule has 0 spiro atoms. The molecule has 0 aliphatic carbocycles. The van der Waals surface area contributed by atoms with Gasteiger partial charge in [-0.2, -0.15) is 0 Å². The molecule has 1 aromatic rings. The monoisotopic (exact) mass is 271 g/mol. The van der Waals surface area contributed by atoms with Crippen molar-refractivity contribution < 1.29 is 19.4 Å². The van der Waals surface area contributed by atoms with Crippen LogP contribution in [0.1, 0.15) is 18.1 Å². The van der Waals surface area contributed by atoms with Gasteiger partial charge in [-0.05, 0) is 12.0 Å². The van der Waals surface area contributed by atoms with Crippen LogP contribution in [-0.2, 0) is 17.6 Å². The first-order chi connectivity index (χ1) is 8.54. The molecule has 18 heavy (non-hydrogen) atoms. The van der Waals surface area contributed by atoms with Gasteiger partial charge in [0.2, 0.25) is 6.79 Å². The molecule has 0 saturated heterocycles. The Balaban J connectivity index is 2.43. The minimum absolute atomic E-state index is 0.160. The number of nitrogens with two attached hydrogens (primary N) is 1. The maximum atomic E-state index is 10.8. The van der Waals surface area contributed by atoms with Crippen LogP contribution >= 0.6 is 11.6 Å². The number of carboxylic acids is 1. The largest absolute Gasteiger partial charge is 0.480 e. The summed E-state index contributed by atoms with van der Waals surface area (Å²) in [7, 11) is 0. The lowest BCUT2D eigenvalue weighted by Gasteiger charge is -2.15. The number of hydrogen-bond acceptors (Lipinski definition) is 4. The van der Waals surface area contributed by atoms with Crippen LogP contribution < -0.4 is 15.2 Å². The standard InChI is InChI=1S/C12H14ClNO4/c1-2-6-7(3-9(14)12(15)16)8(13)4-10-11(6)18-5-17-10/h4,9H,2-3,5,14H2,1H3,(H,15,16). The Morgan fingerprint density at radius 2 is 2.28 bits per heavy atom. The predicted molar refractivity (Wildman–Crippen MR) is 66.3 cm³/mol. The van der Waals surface area contributed by atoms with E-state index in [-0.39, 0.29) is 13.2 Å². The number of aliphatic carboxylic acids is 1. The summed E-state index contributed by atoms with van der Waals surface area (Å²) in [6, 6.07) is 0.667. The summed E-state index contributed by atoms with van der Waals surface area (Å²) < 4.78 is 10.7. The molecule has 0 amide bonds. The quantitative estimate of drug-likeness (QED) is 0.869. The van der Waals surface area contributed by atoms with Crippen molar-refractivity contribution in [2.45, 2.75) is 25.8 Å². The lowest BCUT2D eigenvalue weighted by Crippen LogP contribution is -2.32. The summed E-state index contributed by atoms with van der Waals surface area (Å²) in [5, 5.41) is 9.33. The van der Waals surface area contributed by atoms with E-state index in [4.69, 9.17) is 31.9 Å². The summed E-state index contributed by atoms with van der Waals surface area (Å²) in [6.45, 7) is 2.11. The van der Waals surface area contributed by atoms with Gasteiger partial charge in [-0.15, -0.1) is 0 Å². The van der Waals surface area contributed by atoms with Crippen LogP contribution in [0.5, 0.6) is 11.5 Å². The second-order valence-corrected chi connectivity index (χ2v) is 4.46. The van der Waals surface area contributed by atoms with Gasteiger partial charge in [-0.1, -0.05) is 18.5 Å². The molecule has 0 saturated carbocycles. The average molecular weight is 272 g/mol. The normalized spacial score (nSPS) is 14.6. The number of carboxylic acid groups (broad SMARTS) is 1. The van der Waals surface area contributed by atoms with Gasteiger partial charge in [-0.25, -0.2) is 0 Å². The lowest BCUT2D eigenvalue weighted by molar-refractivity contribution is -0.138. The molecule has 0 aromatic heterocycles. The molecule has 1 aliphatic rings. The first-order valence-corrected chi connectivity index (χ1v) is 6.00. The van der Waals surface area contributed by atoms with E-state index in [1.165, 1.54) is 0 Å². The maximum absolute atomic E-state index is 10.8. The minimum Gasteiger partial charge on any atom is -0.480 e. The number of fused-ring (bicyclic) bond motifs is 1. The van der Waals surface area contributed by atoms with Crippen LogP contribution in [0, 0.1) is 0 Å². The van der Waals surface area contributed by atoms with E-state index in [1.54, 1.807) is 6.07 Å². The fourth-order valence-corrected chi connectivity index (χ4v) is 2.31. The zero-order valence-electron chi connectivity index (χ0n) is 9.90. The van der Waals surface area contributed by atoms with E-state index in [9.17, 15) is 4.79 Å². The summed E-state index contributed by atoms with van der Waals surface area (Å²) in [5.41, 5.74) is 7.14. The van der Waals surface area contributed by atoms with Crippen molar-refractivity contribution in [3.8, 4) is 11.5 Å². The van der Waals surface area contributed by atoms with Crippen LogP contribution in [0.25, 0.3) is 0 Å². The number of benzene rings is 1. The summed E-state index contributed by atoms with van der Waals surface area (Å²) in [4.78, 5) is 10.8. The number of carbonyl (C=O) groups is 1. The highest BCUT2D eigenvalue weighted by molar-refractivity contribution is 6.31. The first-order valence-electron chi connectivity index (χ1n) is 5.62. The van der Waals surface area contributed by atoms with Gasteiger partial charge < -0.3 is 20.3 Å². The molecule has 1 aromatic carbocycles. The molecule has 98 valence electrons. The van der Waals surface area contributed by atoms with Crippen molar-refractivity contribution in [2.75, 3.05) is 6.79 Å². The second kappa shape index (κ2) is 5.04. The molecule has 0 fully saturated rings. The third-order valence-corrected chi connectivity index (χ3v) is 3.26. The van der Waals surface area contributed by atoms with E-state index in [2.05, 4.69) is 0 Å². The second-order valence-electron chi connectivity index (χ2n) is 4.05. The molecular weight excluding hydrogens is 258 g/mol. The molecule has 1 aliphatic heterocycles. The molecule has 0 radical (unpaired) electrons. The van der Waals surface area contributed by atoms with Crippen LogP contribution in [-0.4, -0.2) is 23.9 Å². The van der Waals surface area contributed by atoms with Gasteiger partial charge in [0.25, 0.3) is 0 Å². The summed E-state index contributed by atoms with van der Waals surface area (Å²) in [6.07, 6.45) is 0.849. The van der Waals surface area contributed by atoms with E-state index in [0.717, 1.165) is 11.1 Å². The molecule has 1 unspecified atom stereocenters. The molecule has 1 heterocycles. The fourth-order valence-electron chi connectivity index (χ4n) is 2.02. The van der Waals surface area contributed by atoms with Gasteiger partial charge in [0.1, 0.15) is 6.04 Å². The molecule has 3 N–H and O–H groups in total. The minimum atomic E-state index is -1.05. The number of rotatable bonds is 4. The zero-order chi connectivity index (χ0) is 13.3.